The fourth-order valence-corrected chi connectivity index (χ4v) is 6.49. The van der Waals surface area contributed by atoms with Crippen molar-refractivity contribution in [2.24, 2.45) is 5.92 Å². The minimum Gasteiger partial charge on any atom is -0.457 e. The van der Waals surface area contributed by atoms with Gasteiger partial charge >= 0.3 is 0 Å². The van der Waals surface area contributed by atoms with E-state index in [-0.39, 0.29) is 29.0 Å². The number of nitrogens with one attached hydrogen (secondary N) is 1. The number of anilines is 1. The first-order chi connectivity index (χ1) is 22.0. The van der Waals surface area contributed by atoms with Crippen LogP contribution in [-0.2, 0) is 26.2 Å². The highest BCUT2D eigenvalue weighted by Crippen LogP contribution is 2.29. The molecule has 4 aromatic carbocycles. The van der Waals surface area contributed by atoms with E-state index >= 15 is 0 Å². The third-order valence-electron chi connectivity index (χ3n) is 7.12. The molecule has 0 aromatic heterocycles. The van der Waals surface area contributed by atoms with Crippen LogP contribution in [0.3, 0.4) is 0 Å². The summed E-state index contributed by atoms with van der Waals surface area (Å²) in [6.45, 7) is 5.62. The molecule has 0 fully saturated rings. The summed E-state index contributed by atoms with van der Waals surface area (Å²) in [5.74, 6) is 0.415. The van der Waals surface area contributed by atoms with E-state index in [0.717, 1.165) is 4.31 Å². The second kappa shape index (κ2) is 16.0. The van der Waals surface area contributed by atoms with Gasteiger partial charge in [0.25, 0.3) is 10.0 Å². The summed E-state index contributed by atoms with van der Waals surface area (Å²) in [7, 11) is -4.21. The molecule has 0 saturated heterocycles. The van der Waals surface area contributed by atoms with E-state index in [2.05, 4.69) is 5.32 Å². The summed E-state index contributed by atoms with van der Waals surface area (Å²) in [4.78, 5) is 29.1. The molecule has 0 saturated carbocycles. The fraction of sp³-hybridized carbons (Fsp3) is 0.257. The van der Waals surface area contributed by atoms with E-state index < -0.39 is 28.5 Å². The number of amides is 2. The highest BCUT2D eigenvalue weighted by Gasteiger charge is 2.33. The van der Waals surface area contributed by atoms with E-state index in [4.69, 9.17) is 27.9 Å². The number of para-hydroxylation sites is 1. The molecule has 0 aliphatic heterocycles. The predicted octanol–water partition coefficient (Wildman–Crippen LogP) is 7.56. The Kier molecular flexibility index (Phi) is 12.1. The minimum atomic E-state index is -4.21. The van der Waals surface area contributed by atoms with Crippen molar-refractivity contribution in [3.05, 3.63) is 119 Å². The maximum Gasteiger partial charge on any atom is 0.264 e. The topological polar surface area (TPSA) is 96.0 Å². The van der Waals surface area contributed by atoms with Crippen LogP contribution in [0.25, 0.3) is 0 Å². The van der Waals surface area contributed by atoms with Gasteiger partial charge < -0.3 is 15.0 Å². The van der Waals surface area contributed by atoms with E-state index in [1.165, 1.54) is 17.0 Å². The van der Waals surface area contributed by atoms with Crippen molar-refractivity contribution in [3.63, 3.8) is 0 Å². The number of hydrogen-bond acceptors (Lipinski definition) is 5. The van der Waals surface area contributed by atoms with E-state index in [0.29, 0.717) is 40.1 Å². The van der Waals surface area contributed by atoms with E-state index in [1.807, 2.05) is 44.2 Å². The number of ether oxygens (including phenoxy) is 1. The van der Waals surface area contributed by atoms with Gasteiger partial charge in [0.15, 0.2) is 0 Å². The zero-order valence-corrected chi connectivity index (χ0v) is 28.2. The summed E-state index contributed by atoms with van der Waals surface area (Å²) in [6, 6.07) is 27.6. The molecule has 0 aliphatic carbocycles. The lowest BCUT2D eigenvalue weighted by Gasteiger charge is -2.33. The Labute approximate surface area is 280 Å². The van der Waals surface area contributed by atoms with Gasteiger partial charge in [-0.15, -0.1) is 0 Å². The molecule has 0 unspecified atom stereocenters. The van der Waals surface area contributed by atoms with E-state index in [9.17, 15) is 18.0 Å². The quantitative estimate of drug-likeness (QED) is 0.148. The standard InChI is InChI=1S/C35H37Cl2N3O5S/c1-4-33(35(42)38-22-25(2)3)39(23-26-15-20-31(36)32(37)21-26)34(41)24-40(46(43,44)30-13-9-6-10-14-30)27-16-18-29(19-17-27)45-28-11-7-5-8-12-28/h5-21,25,33H,4,22-24H2,1-3H3,(H,38,42)/t33-/m1/s1. The van der Waals surface area contributed by atoms with Gasteiger partial charge in [-0.1, -0.05) is 86.4 Å². The molecule has 1 atom stereocenters. The van der Waals surface area contributed by atoms with Crippen LogP contribution in [0.5, 0.6) is 11.5 Å². The van der Waals surface area contributed by atoms with Crippen molar-refractivity contribution in [3.8, 4) is 11.5 Å². The Morgan fingerprint density at radius 1 is 0.826 bits per heavy atom. The maximum absolute atomic E-state index is 14.3. The monoisotopic (exact) mass is 681 g/mol. The van der Waals surface area contributed by atoms with Crippen LogP contribution in [0, 0.1) is 5.92 Å². The number of nitrogens with zero attached hydrogens (tertiary/aromatic N) is 2. The molecule has 4 aromatic rings. The Hall–Kier alpha value is -4.05. The minimum absolute atomic E-state index is 0.00635. The van der Waals surface area contributed by atoms with Crippen molar-refractivity contribution in [2.75, 3.05) is 17.4 Å². The van der Waals surface area contributed by atoms with Gasteiger partial charge in [0.2, 0.25) is 11.8 Å². The highest BCUT2D eigenvalue weighted by atomic mass is 35.5. The third kappa shape index (κ3) is 9.02. The Morgan fingerprint density at radius 2 is 1.43 bits per heavy atom. The molecule has 2 amide bonds. The smallest absolute Gasteiger partial charge is 0.264 e. The summed E-state index contributed by atoms with van der Waals surface area (Å²) in [5.41, 5.74) is 0.891. The molecule has 1 N–H and O–H groups in total. The van der Waals surface area contributed by atoms with Gasteiger partial charge in [0, 0.05) is 13.1 Å². The predicted molar refractivity (Wildman–Crippen MR) is 183 cm³/mol. The van der Waals surface area contributed by atoms with Crippen LogP contribution < -0.4 is 14.4 Å². The van der Waals surface area contributed by atoms with Crippen molar-refractivity contribution in [1.29, 1.82) is 0 Å². The van der Waals surface area contributed by atoms with Gasteiger partial charge in [-0.05, 0) is 78.6 Å². The average Bonchev–Trinajstić information content (AvgIpc) is 3.05. The van der Waals surface area contributed by atoms with Crippen LogP contribution >= 0.6 is 23.2 Å². The van der Waals surface area contributed by atoms with Gasteiger partial charge in [-0.2, -0.15) is 0 Å². The number of carbonyl (C=O) groups excluding carboxylic acids is 2. The van der Waals surface area contributed by atoms with Crippen LogP contribution in [0.4, 0.5) is 5.69 Å². The van der Waals surface area contributed by atoms with Gasteiger partial charge in [0.1, 0.15) is 24.1 Å². The number of sulfonamides is 1. The third-order valence-corrected chi connectivity index (χ3v) is 9.65. The molecular weight excluding hydrogens is 645 g/mol. The Morgan fingerprint density at radius 3 is 2.02 bits per heavy atom. The summed E-state index contributed by atoms with van der Waals surface area (Å²) in [6.07, 6.45) is 0.300. The lowest BCUT2D eigenvalue weighted by atomic mass is 10.1. The zero-order chi connectivity index (χ0) is 33.3. The summed E-state index contributed by atoms with van der Waals surface area (Å²) < 4.78 is 35.1. The molecule has 11 heteroatoms. The number of benzene rings is 4. The molecule has 0 aliphatic rings. The van der Waals surface area contributed by atoms with Gasteiger partial charge in [-0.3, -0.25) is 13.9 Å². The van der Waals surface area contributed by atoms with Gasteiger partial charge in [-0.25, -0.2) is 8.42 Å². The lowest BCUT2D eigenvalue weighted by Crippen LogP contribution is -2.52. The normalized spacial score (nSPS) is 12.0. The first-order valence-electron chi connectivity index (χ1n) is 14.9. The molecule has 0 radical (unpaired) electrons. The first kappa shape index (κ1) is 34.8. The Bertz CT molecular complexity index is 1720. The van der Waals surface area contributed by atoms with Crippen molar-refractivity contribution in [1.82, 2.24) is 10.2 Å². The molecule has 0 spiro atoms. The van der Waals surface area contributed by atoms with Crippen molar-refractivity contribution >= 4 is 50.7 Å². The Balaban J connectivity index is 1.72. The average molecular weight is 683 g/mol. The first-order valence-corrected chi connectivity index (χ1v) is 17.1. The van der Waals surface area contributed by atoms with Gasteiger partial charge in [0.05, 0.1) is 20.6 Å². The number of rotatable bonds is 14. The largest absolute Gasteiger partial charge is 0.457 e. The van der Waals surface area contributed by atoms with Crippen LogP contribution in [0.15, 0.2) is 108 Å². The second-order valence-corrected chi connectivity index (χ2v) is 13.7. The SMILES string of the molecule is CC[C@H](C(=O)NCC(C)C)N(Cc1ccc(Cl)c(Cl)c1)C(=O)CN(c1ccc(Oc2ccccc2)cc1)S(=O)(=O)c1ccccc1. The summed E-state index contributed by atoms with van der Waals surface area (Å²) >= 11 is 12.4. The second-order valence-electron chi connectivity index (χ2n) is 11.1. The molecule has 0 bridgehead atoms. The number of halogens is 2. The molecular formula is C35H37Cl2N3O5S. The number of carbonyl (C=O) groups is 2. The van der Waals surface area contributed by atoms with E-state index in [1.54, 1.807) is 67.6 Å². The molecule has 46 heavy (non-hydrogen) atoms. The van der Waals surface area contributed by atoms with Crippen LogP contribution in [0.1, 0.15) is 32.8 Å². The van der Waals surface area contributed by atoms with Crippen molar-refractivity contribution < 1.29 is 22.7 Å². The summed E-state index contributed by atoms with van der Waals surface area (Å²) in [5, 5.41) is 3.57. The zero-order valence-electron chi connectivity index (χ0n) is 25.9. The number of hydrogen-bond donors (Lipinski definition) is 1. The lowest BCUT2D eigenvalue weighted by molar-refractivity contribution is -0.140. The highest BCUT2D eigenvalue weighted by molar-refractivity contribution is 7.92. The fourth-order valence-electron chi connectivity index (χ4n) is 4.73. The molecule has 8 nitrogen and oxygen atoms in total. The molecule has 242 valence electrons. The molecule has 0 heterocycles. The van der Waals surface area contributed by atoms with Crippen LogP contribution in [0.2, 0.25) is 10.0 Å². The molecule has 4 rings (SSSR count). The maximum atomic E-state index is 14.3. The van der Waals surface area contributed by atoms with Crippen LogP contribution in [-0.4, -0.2) is 44.3 Å². The van der Waals surface area contributed by atoms with Crippen molar-refractivity contribution in [2.45, 2.75) is 44.7 Å².